The highest BCUT2D eigenvalue weighted by Gasteiger charge is 2.22. The lowest BCUT2D eigenvalue weighted by molar-refractivity contribution is 0.0762. The molecule has 3 rings (SSSR count). The number of rotatable bonds is 2. The first-order valence-corrected chi connectivity index (χ1v) is 7.24. The Balaban J connectivity index is 1.79. The summed E-state index contributed by atoms with van der Waals surface area (Å²) in [4.78, 5) is 18.1. The minimum atomic E-state index is -0.0563. The predicted octanol–water partition coefficient (Wildman–Crippen LogP) is 1.93. The van der Waals surface area contributed by atoms with Crippen LogP contribution in [0.1, 0.15) is 10.5 Å². The van der Waals surface area contributed by atoms with E-state index in [2.05, 4.69) is 10.1 Å². The minimum Gasteiger partial charge on any atom is -0.355 e. The molecular weight excluding hydrogens is 262 g/mol. The van der Waals surface area contributed by atoms with Gasteiger partial charge in [0.15, 0.2) is 11.5 Å². The van der Waals surface area contributed by atoms with Crippen molar-refractivity contribution in [3.8, 4) is 11.3 Å². The fourth-order valence-corrected chi connectivity index (χ4v) is 2.85. The molecule has 3 heterocycles. The fourth-order valence-electron chi connectivity index (χ4n) is 1.95. The second-order valence-electron chi connectivity index (χ2n) is 4.22. The first kappa shape index (κ1) is 12.2. The van der Waals surface area contributed by atoms with Gasteiger partial charge in [0, 0.05) is 48.6 Å². The summed E-state index contributed by atoms with van der Waals surface area (Å²) in [6, 6.07) is 5.38. The van der Waals surface area contributed by atoms with E-state index in [1.54, 1.807) is 18.5 Å². The van der Waals surface area contributed by atoms with Crippen molar-refractivity contribution >= 4 is 17.7 Å². The first-order chi connectivity index (χ1) is 9.34. The number of pyridine rings is 1. The highest BCUT2D eigenvalue weighted by atomic mass is 32.2. The monoisotopic (exact) mass is 275 g/mol. The van der Waals surface area contributed by atoms with Gasteiger partial charge in [-0.3, -0.25) is 9.78 Å². The molecule has 0 spiro atoms. The molecule has 98 valence electrons. The second kappa shape index (κ2) is 5.44. The van der Waals surface area contributed by atoms with E-state index < -0.39 is 0 Å². The SMILES string of the molecule is O=C(c1cc(-c2cccnc2)on1)N1CCSCC1. The van der Waals surface area contributed by atoms with E-state index in [9.17, 15) is 4.79 Å². The normalized spacial score (nSPS) is 15.5. The standard InChI is InChI=1S/C13H13N3O2S/c17-13(16-4-6-19-7-5-16)11-8-12(18-15-11)10-2-1-3-14-9-10/h1-3,8-9H,4-7H2. The van der Waals surface area contributed by atoms with Crippen LogP contribution >= 0.6 is 11.8 Å². The number of nitrogens with zero attached hydrogens (tertiary/aromatic N) is 3. The number of thioether (sulfide) groups is 1. The van der Waals surface area contributed by atoms with Crippen LogP contribution in [0.5, 0.6) is 0 Å². The van der Waals surface area contributed by atoms with Crippen LogP contribution in [0, 0.1) is 0 Å². The maximum atomic E-state index is 12.2. The van der Waals surface area contributed by atoms with Crippen molar-refractivity contribution in [1.29, 1.82) is 0 Å². The van der Waals surface area contributed by atoms with Crippen molar-refractivity contribution in [2.24, 2.45) is 0 Å². The van der Waals surface area contributed by atoms with Gasteiger partial charge in [0.25, 0.3) is 5.91 Å². The van der Waals surface area contributed by atoms with Crippen molar-refractivity contribution in [2.75, 3.05) is 24.6 Å². The van der Waals surface area contributed by atoms with Crippen molar-refractivity contribution < 1.29 is 9.32 Å². The van der Waals surface area contributed by atoms with Gasteiger partial charge in [-0.25, -0.2) is 0 Å². The Morgan fingerprint density at radius 1 is 1.37 bits per heavy atom. The quantitative estimate of drug-likeness (QED) is 0.838. The molecule has 0 saturated carbocycles. The molecule has 1 aliphatic heterocycles. The van der Waals surface area contributed by atoms with Gasteiger partial charge in [-0.1, -0.05) is 5.16 Å². The van der Waals surface area contributed by atoms with E-state index in [1.165, 1.54) is 0 Å². The summed E-state index contributed by atoms with van der Waals surface area (Å²) in [6.45, 7) is 1.55. The van der Waals surface area contributed by atoms with Gasteiger partial charge in [0.2, 0.25) is 0 Å². The third-order valence-corrected chi connectivity index (χ3v) is 3.92. The minimum absolute atomic E-state index is 0.0563. The van der Waals surface area contributed by atoms with Crippen LogP contribution in [0.15, 0.2) is 35.1 Å². The summed E-state index contributed by atoms with van der Waals surface area (Å²) >= 11 is 1.87. The van der Waals surface area contributed by atoms with Crippen LogP contribution < -0.4 is 0 Å². The average molecular weight is 275 g/mol. The molecule has 1 fully saturated rings. The maximum Gasteiger partial charge on any atom is 0.276 e. The number of aromatic nitrogens is 2. The summed E-state index contributed by atoms with van der Waals surface area (Å²) in [5, 5.41) is 3.87. The highest BCUT2D eigenvalue weighted by molar-refractivity contribution is 7.99. The molecule has 0 unspecified atom stereocenters. The number of amides is 1. The van der Waals surface area contributed by atoms with E-state index in [-0.39, 0.29) is 5.91 Å². The Hall–Kier alpha value is -1.82. The highest BCUT2D eigenvalue weighted by Crippen LogP contribution is 2.20. The molecule has 0 aliphatic carbocycles. The summed E-state index contributed by atoms with van der Waals surface area (Å²) in [7, 11) is 0. The van der Waals surface area contributed by atoms with Crippen molar-refractivity contribution in [3.63, 3.8) is 0 Å². The molecule has 1 amide bonds. The van der Waals surface area contributed by atoms with Gasteiger partial charge in [-0.2, -0.15) is 11.8 Å². The molecule has 1 aliphatic rings. The molecule has 0 atom stereocenters. The van der Waals surface area contributed by atoms with Crippen LogP contribution in [0.25, 0.3) is 11.3 Å². The third-order valence-electron chi connectivity index (χ3n) is 2.97. The van der Waals surface area contributed by atoms with E-state index in [4.69, 9.17) is 4.52 Å². The van der Waals surface area contributed by atoms with Gasteiger partial charge < -0.3 is 9.42 Å². The zero-order valence-electron chi connectivity index (χ0n) is 10.3. The molecule has 19 heavy (non-hydrogen) atoms. The zero-order valence-corrected chi connectivity index (χ0v) is 11.1. The van der Waals surface area contributed by atoms with Gasteiger partial charge in [-0.05, 0) is 12.1 Å². The lowest BCUT2D eigenvalue weighted by atomic mass is 10.2. The fraction of sp³-hybridized carbons (Fsp3) is 0.308. The van der Waals surface area contributed by atoms with Crippen LogP contribution in [-0.4, -0.2) is 45.5 Å². The molecule has 0 aromatic carbocycles. The van der Waals surface area contributed by atoms with E-state index >= 15 is 0 Å². The molecule has 5 nitrogen and oxygen atoms in total. The second-order valence-corrected chi connectivity index (χ2v) is 5.45. The van der Waals surface area contributed by atoms with Crippen molar-refractivity contribution in [2.45, 2.75) is 0 Å². The van der Waals surface area contributed by atoms with E-state index in [0.717, 1.165) is 30.2 Å². The Kier molecular flexibility index (Phi) is 3.50. The van der Waals surface area contributed by atoms with Crippen LogP contribution in [-0.2, 0) is 0 Å². The van der Waals surface area contributed by atoms with Crippen molar-refractivity contribution in [3.05, 3.63) is 36.3 Å². The van der Waals surface area contributed by atoms with Gasteiger partial charge in [-0.15, -0.1) is 0 Å². The Bertz CT molecular complexity index is 564. The lowest BCUT2D eigenvalue weighted by Crippen LogP contribution is -2.38. The Labute approximate surface area is 115 Å². The van der Waals surface area contributed by atoms with Crippen LogP contribution in [0.3, 0.4) is 0 Å². The molecule has 0 bridgehead atoms. The topological polar surface area (TPSA) is 59.2 Å². The Morgan fingerprint density at radius 3 is 2.95 bits per heavy atom. The largest absolute Gasteiger partial charge is 0.355 e. The summed E-state index contributed by atoms with van der Waals surface area (Å²) < 4.78 is 5.22. The molecule has 2 aromatic rings. The zero-order chi connectivity index (χ0) is 13.1. The molecule has 0 N–H and O–H groups in total. The molecule has 0 radical (unpaired) electrons. The number of carbonyl (C=O) groups excluding carboxylic acids is 1. The first-order valence-electron chi connectivity index (χ1n) is 6.09. The van der Waals surface area contributed by atoms with Gasteiger partial charge in [0.05, 0.1) is 0 Å². The third kappa shape index (κ3) is 2.63. The average Bonchev–Trinajstić information content (AvgIpc) is 2.98. The van der Waals surface area contributed by atoms with E-state index in [0.29, 0.717) is 11.5 Å². The molecular formula is C13H13N3O2S. The Morgan fingerprint density at radius 2 is 2.21 bits per heavy atom. The van der Waals surface area contributed by atoms with Gasteiger partial charge in [0.1, 0.15) is 0 Å². The predicted molar refractivity (Wildman–Crippen MR) is 73.0 cm³/mol. The summed E-state index contributed by atoms with van der Waals surface area (Å²) in [5.41, 5.74) is 1.19. The molecule has 2 aromatic heterocycles. The van der Waals surface area contributed by atoms with Crippen LogP contribution in [0.4, 0.5) is 0 Å². The van der Waals surface area contributed by atoms with Crippen molar-refractivity contribution in [1.82, 2.24) is 15.0 Å². The molecule has 6 heteroatoms. The number of hydrogen-bond acceptors (Lipinski definition) is 5. The summed E-state index contributed by atoms with van der Waals surface area (Å²) in [5.74, 6) is 2.49. The number of hydrogen-bond donors (Lipinski definition) is 0. The molecule has 1 saturated heterocycles. The maximum absolute atomic E-state index is 12.2. The van der Waals surface area contributed by atoms with Crippen LogP contribution in [0.2, 0.25) is 0 Å². The number of carbonyl (C=O) groups is 1. The summed E-state index contributed by atoms with van der Waals surface area (Å²) in [6.07, 6.45) is 3.38. The smallest absolute Gasteiger partial charge is 0.276 e. The van der Waals surface area contributed by atoms with Gasteiger partial charge >= 0.3 is 0 Å². The van der Waals surface area contributed by atoms with E-state index in [1.807, 2.05) is 28.8 Å². The lowest BCUT2D eigenvalue weighted by Gasteiger charge is -2.25.